The predicted octanol–water partition coefficient (Wildman–Crippen LogP) is 3.08. The van der Waals surface area contributed by atoms with Gasteiger partial charge in [0.05, 0.1) is 12.7 Å². The second kappa shape index (κ2) is 4.83. The van der Waals surface area contributed by atoms with Crippen LogP contribution < -0.4 is 0 Å². The van der Waals surface area contributed by atoms with Crippen LogP contribution in [0.25, 0.3) is 0 Å². The van der Waals surface area contributed by atoms with Gasteiger partial charge in [-0.15, -0.1) is 0 Å². The van der Waals surface area contributed by atoms with Crippen LogP contribution in [0.5, 0.6) is 5.75 Å². The van der Waals surface area contributed by atoms with Gasteiger partial charge in [0.1, 0.15) is 5.75 Å². The van der Waals surface area contributed by atoms with Crippen LogP contribution in [0.2, 0.25) is 0 Å². The van der Waals surface area contributed by atoms with Crippen LogP contribution >= 0.6 is 0 Å². The van der Waals surface area contributed by atoms with Gasteiger partial charge in [-0.05, 0) is 41.7 Å². The van der Waals surface area contributed by atoms with Crippen LogP contribution in [0, 0.1) is 0 Å². The van der Waals surface area contributed by atoms with Crippen LogP contribution in [-0.4, -0.2) is 11.2 Å². The Kier molecular flexibility index (Phi) is 3.03. The fourth-order valence-electron chi connectivity index (χ4n) is 2.47. The number of aromatic hydroxyl groups is 1. The molecule has 1 aliphatic rings. The third-order valence-electron chi connectivity index (χ3n) is 3.41. The van der Waals surface area contributed by atoms with Crippen molar-refractivity contribution in [2.24, 2.45) is 0 Å². The maximum atomic E-state index is 9.45. The van der Waals surface area contributed by atoms with Crippen LogP contribution in [0.1, 0.15) is 16.7 Å². The number of phenols is 1. The van der Waals surface area contributed by atoms with Gasteiger partial charge in [0.2, 0.25) is 0 Å². The van der Waals surface area contributed by atoms with Crippen molar-refractivity contribution in [3.8, 4) is 5.75 Å². The van der Waals surface area contributed by atoms with E-state index < -0.39 is 0 Å². The van der Waals surface area contributed by atoms with Gasteiger partial charge in [-0.25, -0.2) is 0 Å². The Hall–Kier alpha value is -1.80. The fourth-order valence-corrected chi connectivity index (χ4v) is 2.47. The van der Waals surface area contributed by atoms with E-state index in [4.69, 9.17) is 4.74 Å². The molecular weight excluding hydrogens is 224 g/mol. The molecule has 0 fully saturated rings. The molecule has 0 aromatic heterocycles. The minimum Gasteiger partial charge on any atom is -0.508 e. The third-order valence-corrected chi connectivity index (χ3v) is 3.41. The topological polar surface area (TPSA) is 29.5 Å². The van der Waals surface area contributed by atoms with Crippen LogP contribution in [-0.2, 0) is 24.2 Å². The molecule has 1 aliphatic carbocycles. The smallest absolute Gasteiger partial charge is 0.115 e. The van der Waals surface area contributed by atoms with Crippen molar-refractivity contribution in [1.82, 2.24) is 0 Å². The Morgan fingerprint density at radius 3 is 2.61 bits per heavy atom. The van der Waals surface area contributed by atoms with Gasteiger partial charge < -0.3 is 9.84 Å². The van der Waals surface area contributed by atoms with E-state index in [1.54, 1.807) is 6.07 Å². The Bertz CT molecular complexity index is 534. The number of ether oxygens (including phenoxy) is 1. The monoisotopic (exact) mass is 240 g/mol. The molecule has 2 nitrogen and oxygen atoms in total. The average molecular weight is 240 g/mol. The first-order chi connectivity index (χ1) is 8.81. The van der Waals surface area contributed by atoms with Crippen LogP contribution in [0.4, 0.5) is 0 Å². The van der Waals surface area contributed by atoms with Crippen molar-refractivity contribution >= 4 is 0 Å². The molecule has 3 rings (SSSR count). The van der Waals surface area contributed by atoms with Gasteiger partial charge in [0, 0.05) is 0 Å². The van der Waals surface area contributed by atoms with Crippen LogP contribution in [0.3, 0.4) is 0 Å². The number of hydrogen-bond donors (Lipinski definition) is 1. The molecule has 2 aromatic rings. The average Bonchev–Trinajstić information content (AvgIpc) is 2.79. The van der Waals surface area contributed by atoms with E-state index >= 15 is 0 Å². The van der Waals surface area contributed by atoms with Crippen LogP contribution in [0.15, 0.2) is 48.5 Å². The SMILES string of the molecule is Oc1ccc2c(c1)CC(OCc1ccccc1)C2. The van der Waals surface area contributed by atoms with Gasteiger partial charge in [-0.3, -0.25) is 0 Å². The summed E-state index contributed by atoms with van der Waals surface area (Å²) >= 11 is 0. The molecule has 0 aliphatic heterocycles. The summed E-state index contributed by atoms with van der Waals surface area (Å²) in [5.74, 6) is 0.345. The number of fused-ring (bicyclic) bond motifs is 1. The second-order valence-corrected chi connectivity index (χ2v) is 4.78. The third kappa shape index (κ3) is 2.39. The summed E-state index contributed by atoms with van der Waals surface area (Å²) in [5.41, 5.74) is 3.72. The molecule has 0 radical (unpaired) electrons. The molecule has 18 heavy (non-hydrogen) atoms. The lowest BCUT2D eigenvalue weighted by atomic mass is 10.1. The van der Waals surface area contributed by atoms with E-state index in [0.29, 0.717) is 12.4 Å². The first kappa shape index (κ1) is 11.3. The van der Waals surface area contributed by atoms with Gasteiger partial charge >= 0.3 is 0 Å². The molecule has 1 N–H and O–H groups in total. The molecule has 2 aromatic carbocycles. The van der Waals surface area contributed by atoms with Gasteiger partial charge in [0.15, 0.2) is 0 Å². The molecule has 0 amide bonds. The van der Waals surface area contributed by atoms with Gasteiger partial charge in [-0.1, -0.05) is 36.4 Å². The molecule has 0 heterocycles. The lowest BCUT2D eigenvalue weighted by molar-refractivity contribution is 0.0479. The highest BCUT2D eigenvalue weighted by Crippen LogP contribution is 2.27. The lowest BCUT2D eigenvalue weighted by Gasteiger charge is -2.10. The van der Waals surface area contributed by atoms with E-state index in [1.165, 1.54) is 16.7 Å². The summed E-state index contributed by atoms with van der Waals surface area (Å²) in [6.45, 7) is 0.658. The quantitative estimate of drug-likeness (QED) is 0.893. The zero-order valence-electron chi connectivity index (χ0n) is 10.2. The summed E-state index contributed by atoms with van der Waals surface area (Å²) in [4.78, 5) is 0. The Morgan fingerprint density at radius 1 is 1.00 bits per heavy atom. The second-order valence-electron chi connectivity index (χ2n) is 4.78. The fraction of sp³-hybridized carbons (Fsp3) is 0.250. The van der Waals surface area contributed by atoms with E-state index in [-0.39, 0.29) is 6.10 Å². The Labute approximate surface area is 107 Å². The molecular formula is C16H16O2. The molecule has 1 unspecified atom stereocenters. The molecule has 1 atom stereocenters. The maximum absolute atomic E-state index is 9.45. The minimum atomic E-state index is 0.238. The van der Waals surface area contributed by atoms with E-state index in [9.17, 15) is 5.11 Å². The Morgan fingerprint density at radius 2 is 1.78 bits per heavy atom. The molecule has 0 saturated heterocycles. The first-order valence-electron chi connectivity index (χ1n) is 6.27. The summed E-state index contributed by atoms with van der Waals surface area (Å²) < 4.78 is 5.93. The number of benzene rings is 2. The standard InChI is InChI=1S/C16H16O2/c17-15-7-6-13-9-16(10-14(13)8-15)18-11-12-4-2-1-3-5-12/h1-8,16-17H,9-11H2. The van der Waals surface area contributed by atoms with Crippen molar-refractivity contribution < 1.29 is 9.84 Å². The number of phenolic OH excluding ortho intramolecular Hbond substituents is 1. The maximum Gasteiger partial charge on any atom is 0.115 e. The minimum absolute atomic E-state index is 0.238. The Balaban J connectivity index is 1.61. The van der Waals surface area contributed by atoms with Crippen molar-refractivity contribution in [1.29, 1.82) is 0 Å². The predicted molar refractivity (Wildman–Crippen MR) is 70.5 cm³/mol. The zero-order chi connectivity index (χ0) is 12.4. The van der Waals surface area contributed by atoms with Gasteiger partial charge in [0.25, 0.3) is 0 Å². The normalized spacial score (nSPS) is 17.7. The summed E-state index contributed by atoms with van der Waals surface area (Å²) in [5, 5.41) is 9.45. The molecule has 2 heteroatoms. The summed E-state index contributed by atoms with van der Waals surface area (Å²) in [6.07, 6.45) is 2.08. The van der Waals surface area contributed by atoms with E-state index in [2.05, 4.69) is 12.1 Å². The lowest BCUT2D eigenvalue weighted by Crippen LogP contribution is -2.12. The zero-order valence-corrected chi connectivity index (χ0v) is 10.2. The largest absolute Gasteiger partial charge is 0.508 e. The molecule has 0 spiro atoms. The van der Waals surface area contributed by atoms with Crippen molar-refractivity contribution in [2.45, 2.75) is 25.6 Å². The van der Waals surface area contributed by atoms with Crippen molar-refractivity contribution in [2.75, 3.05) is 0 Å². The highest BCUT2D eigenvalue weighted by Gasteiger charge is 2.22. The molecule has 0 saturated carbocycles. The summed E-state index contributed by atoms with van der Waals surface area (Å²) in [6, 6.07) is 15.8. The highest BCUT2D eigenvalue weighted by atomic mass is 16.5. The van der Waals surface area contributed by atoms with E-state index in [0.717, 1.165) is 12.8 Å². The highest BCUT2D eigenvalue weighted by molar-refractivity contribution is 5.38. The van der Waals surface area contributed by atoms with Crippen molar-refractivity contribution in [3.63, 3.8) is 0 Å². The van der Waals surface area contributed by atoms with Gasteiger partial charge in [-0.2, -0.15) is 0 Å². The molecule has 92 valence electrons. The van der Waals surface area contributed by atoms with Crippen molar-refractivity contribution in [3.05, 3.63) is 65.2 Å². The van der Waals surface area contributed by atoms with E-state index in [1.807, 2.05) is 30.3 Å². The number of rotatable bonds is 3. The molecule has 0 bridgehead atoms. The summed E-state index contributed by atoms with van der Waals surface area (Å²) in [7, 11) is 0. The first-order valence-corrected chi connectivity index (χ1v) is 6.27. The number of hydrogen-bond acceptors (Lipinski definition) is 2.